The van der Waals surface area contributed by atoms with E-state index >= 15 is 0 Å². The van der Waals surface area contributed by atoms with Crippen LogP contribution < -0.4 is 0 Å². The molecular weight excluding hydrogens is 376 g/mol. The number of carboxylic acid groups (broad SMARTS) is 1. The van der Waals surface area contributed by atoms with Crippen molar-refractivity contribution in [3.8, 4) is 11.3 Å². The zero-order valence-electron chi connectivity index (χ0n) is 16.3. The summed E-state index contributed by atoms with van der Waals surface area (Å²) in [7, 11) is 0. The number of imidazole rings is 1. The number of rotatable bonds is 4. The molecule has 0 aliphatic rings. The molecule has 0 saturated heterocycles. The van der Waals surface area contributed by atoms with Gasteiger partial charge in [0.25, 0.3) is 0 Å². The van der Waals surface area contributed by atoms with Gasteiger partial charge in [-0.1, -0.05) is 18.2 Å². The van der Waals surface area contributed by atoms with Crippen LogP contribution in [-0.4, -0.2) is 30.6 Å². The third-order valence-electron chi connectivity index (χ3n) is 5.24. The molecule has 0 aliphatic carbocycles. The number of fused-ring (bicyclic) bond motifs is 2. The normalized spacial score (nSPS) is 11.2. The average Bonchev–Trinajstić information content (AvgIpc) is 3.15. The lowest BCUT2D eigenvalue weighted by Crippen LogP contribution is -2.01. The van der Waals surface area contributed by atoms with Crippen LogP contribution in [0.15, 0.2) is 73.2 Å². The Hall–Kier alpha value is -4.06. The van der Waals surface area contributed by atoms with Crippen LogP contribution in [0.1, 0.15) is 21.5 Å². The van der Waals surface area contributed by atoms with E-state index in [1.54, 1.807) is 31.6 Å². The standard InChI is InChI=1S/C24H18N4O2/c1-15-11-18(5-6-19(15)24(29)30)21-8-9-22-23(27-21)28(14-26-22)13-16-4-7-20-17(12-16)3-2-10-25-20/h2-12,14H,13H2,1H3,(H,29,30). The highest BCUT2D eigenvalue weighted by molar-refractivity contribution is 5.90. The van der Waals surface area contributed by atoms with Gasteiger partial charge < -0.3 is 9.67 Å². The summed E-state index contributed by atoms with van der Waals surface area (Å²) in [4.78, 5) is 24.9. The molecule has 146 valence electrons. The maximum Gasteiger partial charge on any atom is 0.335 e. The largest absolute Gasteiger partial charge is 0.478 e. The summed E-state index contributed by atoms with van der Waals surface area (Å²) >= 11 is 0. The molecule has 6 heteroatoms. The molecule has 0 fully saturated rings. The number of pyridine rings is 2. The Morgan fingerprint density at radius 3 is 2.70 bits per heavy atom. The zero-order valence-corrected chi connectivity index (χ0v) is 16.3. The maximum absolute atomic E-state index is 11.3. The molecule has 6 nitrogen and oxygen atoms in total. The van der Waals surface area contributed by atoms with E-state index in [9.17, 15) is 9.90 Å². The van der Waals surface area contributed by atoms with E-state index in [-0.39, 0.29) is 0 Å². The summed E-state index contributed by atoms with van der Waals surface area (Å²) in [5.41, 5.74) is 6.39. The first-order valence-electron chi connectivity index (χ1n) is 9.58. The monoisotopic (exact) mass is 394 g/mol. The Labute approximate surface area is 172 Å². The SMILES string of the molecule is Cc1cc(-c2ccc3ncn(Cc4ccc5ncccc5c4)c3n2)ccc1C(=O)O. The van der Waals surface area contributed by atoms with Gasteiger partial charge in [0.1, 0.15) is 5.52 Å². The molecular formula is C24H18N4O2. The molecule has 1 N–H and O–H groups in total. The first-order valence-corrected chi connectivity index (χ1v) is 9.58. The minimum atomic E-state index is -0.925. The van der Waals surface area contributed by atoms with Crippen LogP contribution in [0.4, 0.5) is 0 Å². The molecule has 30 heavy (non-hydrogen) atoms. The van der Waals surface area contributed by atoms with Gasteiger partial charge in [-0.2, -0.15) is 0 Å². The summed E-state index contributed by atoms with van der Waals surface area (Å²) in [5, 5.41) is 10.4. The highest BCUT2D eigenvalue weighted by atomic mass is 16.4. The molecule has 0 spiro atoms. The summed E-state index contributed by atoms with van der Waals surface area (Å²) in [6.07, 6.45) is 3.59. The number of aromatic nitrogens is 4. The molecule has 0 amide bonds. The topological polar surface area (TPSA) is 80.9 Å². The molecule has 3 aromatic heterocycles. The van der Waals surface area contributed by atoms with Crippen molar-refractivity contribution in [2.24, 2.45) is 0 Å². The average molecular weight is 394 g/mol. The van der Waals surface area contributed by atoms with Gasteiger partial charge in [0.05, 0.1) is 29.6 Å². The predicted octanol–water partition coefficient (Wildman–Crippen LogP) is 4.70. The van der Waals surface area contributed by atoms with Crippen LogP contribution in [0.5, 0.6) is 0 Å². The van der Waals surface area contributed by atoms with Gasteiger partial charge in [0.15, 0.2) is 5.65 Å². The lowest BCUT2D eigenvalue weighted by atomic mass is 10.0. The fraction of sp³-hybridized carbons (Fsp3) is 0.0833. The Bertz CT molecular complexity index is 1420. The molecule has 0 aliphatic heterocycles. The van der Waals surface area contributed by atoms with Crippen LogP contribution in [0.2, 0.25) is 0 Å². The first-order chi connectivity index (χ1) is 14.6. The second-order valence-electron chi connectivity index (χ2n) is 7.28. The number of hydrogen-bond donors (Lipinski definition) is 1. The van der Waals surface area contributed by atoms with Gasteiger partial charge in [-0.3, -0.25) is 4.98 Å². The van der Waals surface area contributed by atoms with Gasteiger partial charge in [0.2, 0.25) is 0 Å². The van der Waals surface area contributed by atoms with Crippen molar-refractivity contribution in [3.63, 3.8) is 0 Å². The van der Waals surface area contributed by atoms with Crippen LogP contribution >= 0.6 is 0 Å². The van der Waals surface area contributed by atoms with Crippen molar-refractivity contribution < 1.29 is 9.90 Å². The van der Waals surface area contributed by atoms with Gasteiger partial charge in [-0.05, 0) is 60.5 Å². The van der Waals surface area contributed by atoms with Crippen LogP contribution in [0.3, 0.4) is 0 Å². The third kappa shape index (κ3) is 3.18. The van der Waals surface area contributed by atoms with E-state index in [1.807, 2.05) is 34.9 Å². The van der Waals surface area contributed by atoms with Gasteiger partial charge in [-0.25, -0.2) is 14.8 Å². The number of carboxylic acids is 1. The molecule has 0 atom stereocenters. The van der Waals surface area contributed by atoms with Crippen LogP contribution in [-0.2, 0) is 6.54 Å². The number of aromatic carboxylic acids is 1. The van der Waals surface area contributed by atoms with Gasteiger partial charge in [-0.15, -0.1) is 0 Å². The maximum atomic E-state index is 11.3. The van der Waals surface area contributed by atoms with Crippen molar-refractivity contribution in [2.45, 2.75) is 13.5 Å². The highest BCUT2D eigenvalue weighted by Gasteiger charge is 2.11. The van der Waals surface area contributed by atoms with Gasteiger partial charge in [0, 0.05) is 17.1 Å². The minimum Gasteiger partial charge on any atom is -0.478 e. The quantitative estimate of drug-likeness (QED) is 0.478. The van der Waals surface area contributed by atoms with E-state index in [0.717, 1.165) is 38.9 Å². The number of hydrogen-bond acceptors (Lipinski definition) is 4. The lowest BCUT2D eigenvalue weighted by molar-refractivity contribution is 0.0696. The van der Waals surface area contributed by atoms with E-state index < -0.39 is 5.97 Å². The lowest BCUT2D eigenvalue weighted by Gasteiger charge is -2.08. The summed E-state index contributed by atoms with van der Waals surface area (Å²) < 4.78 is 2.02. The second kappa shape index (κ2) is 7.08. The van der Waals surface area contributed by atoms with Crippen molar-refractivity contribution >= 4 is 28.0 Å². The molecule has 0 unspecified atom stereocenters. The Morgan fingerprint density at radius 2 is 1.87 bits per heavy atom. The smallest absolute Gasteiger partial charge is 0.335 e. The fourth-order valence-electron chi connectivity index (χ4n) is 3.70. The van der Waals surface area contributed by atoms with Crippen LogP contribution in [0.25, 0.3) is 33.3 Å². The summed E-state index contributed by atoms with van der Waals surface area (Å²) in [6.45, 7) is 2.44. The molecule has 2 aromatic carbocycles. The summed E-state index contributed by atoms with van der Waals surface area (Å²) in [6, 6.07) is 19.3. The fourth-order valence-corrected chi connectivity index (χ4v) is 3.70. The van der Waals surface area contributed by atoms with E-state index in [2.05, 4.69) is 28.2 Å². The predicted molar refractivity (Wildman–Crippen MR) is 116 cm³/mol. The number of nitrogens with zero attached hydrogens (tertiary/aromatic N) is 4. The Morgan fingerprint density at radius 1 is 1.00 bits per heavy atom. The minimum absolute atomic E-state index is 0.302. The molecule has 0 bridgehead atoms. The number of benzene rings is 2. The first kappa shape index (κ1) is 18.0. The second-order valence-corrected chi connectivity index (χ2v) is 7.28. The molecule has 0 saturated carbocycles. The number of carbonyl (C=O) groups is 1. The van der Waals surface area contributed by atoms with Crippen molar-refractivity contribution in [3.05, 3.63) is 89.9 Å². The highest BCUT2D eigenvalue weighted by Crippen LogP contribution is 2.24. The summed E-state index contributed by atoms with van der Waals surface area (Å²) in [5.74, 6) is -0.925. The Kier molecular flexibility index (Phi) is 4.25. The van der Waals surface area contributed by atoms with Crippen LogP contribution in [0, 0.1) is 6.92 Å². The van der Waals surface area contributed by atoms with E-state index in [1.165, 1.54) is 0 Å². The van der Waals surface area contributed by atoms with Crippen molar-refractivity contribution in [1.29, 1.82) is 0 Å². The molecule has 0 radical (unpaired) electrons. The van der Waals surface area contributed by atoms with E-state index in [4.69, 9.17) is 4.98 Å². The Balaban J connectivity index is 1.52. The zero-order chi connectivity index (χ0) is 20.7. The van der Waals surface area contributed by atoms with Crippen molar-refractivity contribution in [1.82, 2.24) is 19.5 Å². The van der Waals surface area contributed by atoms with Gasteiger partial charge >= 0.3 is 5.97 Å². The number of aryl methyl sites for hydroxylation is 1. The molecule has 3 heterocycles. The van der Waals surface area contributed by atoms with Crippen molar-refractivity contribution in [2.75, 3.05) is 0 Å². The van der Waals surface area contributed by atoms with E-state index in [0.29, 0.717) is 17.7 Å². The molecule has 5 aromatic rings. The molecule has 5 rings (SSSR count). The third-order valence-corrected chi connectivity index (χ3v) is 5.24.